The molecule has 0 amide bonds. The van der Waals surface area contributed by atoms with Crippen LogP contribution in [0.1, 0.15) is 42.1 Å². The van der Waals surface area contributed by atoms with Gasteiger partial charge in [0.05, 0.1) is 7.11 Å². The molecule has 0 bridgehead atoms. The van der Waals surface area contributed by atoms with Crippen LogP contribution in [-0.4, -0.2) is 28.5 Å². The van der Waals surface area contributed by atoms with Crippen LogP contribution in [0.4, 0.5) is 0 Å². The van der Waals surface area contributed by atoms with E-state index in [0.717, 1.165) is 36.5 Å². The lowest BCUT2D eigenvalue weighted by atomic mass is 9.94. The highest BCUT2D eigenvalue weighted by molar-refractivity contribution is 5.56. The van der Waals surface area contributed by atoms with E-state index in [1.54, 1.807) is 7.11 Å². The molecule has 1 aliphatic heterocycles. The zero-order valence-electron chi connectivity index (χ0n) is 17.0. The molecule has 0 radical (unpaired) electrons. The number of methoxy groups -OCH3 is 1. The molecule has 3 aromatic rings. The topological polar surface area (TPSA) is 58.2 Å². The van der Waals surface area contributed by atoms with Crippen molar-refractivity contribution in [3.8, 4) is 17.1 Å². The third-order valence-corrected chi connectivity index (χ3v) is 5.55. The standard InChI is InChI=1S/C24H27N3O2/c1-17-13-23(28)26-24(25-17)20-9-5-7-18(14-20)16-27-12-4-3-11-22(27)19-8-6-10-21(15-19)29-2/h5-10,13-15,22H,3-4,11-12,16H2,1-2H3,(H,25,26,28)/t22-/m0/s1. The maximum atomic E-state index is 11.8. The zero-order chi connectivity index (χ0) is 20.2. The summed E-state index contributed by atoms with van der Waals surface area (Å²) in [5.74, 6) is 1.53. The first-order valence-electron chi connectivity index (χ1n) is 10.2. The number of hydrogen-bond acceptors (Lipinski definition) is 4. The first kappa shape index (κ1) is 19.4. The molecule has 5 nitrogen and oxygen atoms in total. The fraction of sp³-hybridized carbons (Fsp3) is 0.333. The molecule has 29 heavy (non-hydrogen) atoms. The lowest BCUT2D eigenvalue weighted by molar-refractivity contribution is 0.140. The normalized spacial score (nSPS) is 17.2. The number of nitrogens with zero attached hydrogens (tertiary/aromatic N) is 2. The molecule has 0 unspecified atom stereocenters. The Kier molecular flexibility index (Phi) is 5.76. The van der Waals surface area contributed by atoms with Gasteiger partial charge in [0.25, 0.3) is 5.56 Å². The molecule has 2 heterocycles. The van der Waals surface area contributed by atoms with E-state index >= 15 is 0 Å². The van der Waals surface area contributed by atoms with Crippen LogP contribution < -0.4 is 10.3 Å². The Hall–Kier alpha value is -2.92. The van der Waals surface area contributed by atoms with E-state index < -0.39 is 0 Å². The highest BCUT2D eigenvalue weighted by Crippen LogP contribution is 2.33. The number of likely N-dealkylation sites (tertiary alicyclic amines) is 1. The third-order valence-electron chi connectivity index (χ3n) is 5.55. The molecule has 0 spiro atoms. The third kappa shape index (κ3) is 4.57. The summed E-state index contributed by atoms with van der Waals surface area (Å²) in [6, 6.07) is 18.6. The summed E-state index contributed by atoms with van der Waals surface area (Å²) in [7, 11) is 1.72. The predicted octanol–water partition coefficient (Wildman–Crippen LogP) is 4.48. The molecule has 1 atom stereocenters. The average molecular weight is 389 g/mol. The van der Waals surface area contributed by atoms with Crippen LogP contribution in [0.2, 0.25) is 0 Å². The maximum Gasteiger partial charge on any atom is 0.251 e. The van der Waals surface area contributed by atoms with Crippen molar-refractivity contribution in [2.45, 2.75) is 38.8 Å². The Labute approximate surface area is 171 Å². The number of aromatic nitrogens is 2. The van der Waals surface area contributed by atoms with Gasteiger partial charge in [-0.25, -0.2) is 4.98 Å². The first-order chi connectivity index (χ1) is 14.1. The Morgan fingerprint density at radius 3 is 2.83 bits per heavy atom. The summed E-state index contributed by atoms with van der Waals surface area (Å²) in [4.78, 5) is 21.7. The van der Waals surface area contributed by atoms with Crippen LogP contribution in [0.25, 0.3) is 11.4 Å². The van der Waals surface area contributed by atoms with Gasteiger partial charge in [-0.05, 0) is 55.6 Å². The van der Waals surface area contributed by atoms with Gasteiger partial charge in [-0.3, -0.25) is 9.69 Å². The SMILES string of the molecule is COc1cccc([C@@H]2CCCCN2Cc2cccc(-c3nc(C)cc(=O)[nH]3)c2)c1. The smallest absolute Gasteiger partial charge is 0.251 e. The molecule has 0 aliphatic carbocycles. The van der Waals surface area contributed by atoms with Crippen molar-refractivity contribution in [3.63, 3.8) is 0 Å². The second kappa shape index (κ2) is 8.62. The summed E-state index contributed by atoms with van der Waals surface area (Å²) in [5, 5.41) is 0. The Bertz CT molecular complexity index is 1040. The van der Waals surface area contributed by atoms with Crippen LogP contribution >= 0.6 is 0 Å². The van der Waals surface area contributed by atoms with E-state index in [1.165, 1.54) is 30.0 Å². The minimum atomic E-state index is -0.118. The fourth-order valence-electron chi connectivity index (χ4n) is 4.17. The van der Waals surface area contributed by atoms with Gasteiger partial charge in [0.15, 0.2) is 0 Å². The van der Waals surface area contributed by atoms with Crippen molar-refractivity contribution in [2.75, 3.05) is 13.7 Å². The Morgan fingerprint density at radius 2 is 2.00 bits per heavy atom. The van der Waals surface area contributed by atoms with E-state index in [0.29, 0.717) is 11.9 Å². The van der Waals surface area contributed by atoms with Gasteiger partial charge in [0.1, 0.15) is 11.6 Å². The van der Waals surface area contributed by atoms with E-state index in [9.17, 15) is 4.79 Å². The molecule has 1 N–H and O–H groups in total. The minimum Gasteiger partial charge on any atom is -0.497 e. The molecular weight excluding hydrogens is 362 g/mol. The molecule has 0 saturated carbocycles. The van der Waals surface area contributed by atoms with Gasteiger partial charge < -0.3 is 9.72 Å². The number of H-pyrrole nitrogens is 1. The van der Waals surface area contributed by atoms with E-state index in [2.05, 4.69) is 45.2 Å². The quantitative estimate of drug-likeness (QED) is 0.699. The molecular formula is C24H27N3O2. The van der Waals surface area contributed by atoms with E-state index in [-0.39, 0.29) is 5.56 Å². The van der Waals surface area contributed by atoms with Gasteiger partial charge in [0, 0.05) is 29.9 Å². The van der Waals surface area contributed by atoms with Gasteiger partial charge in [-0.15, -0.1) is 0 Å². The number of nitrogens with one attached hydrogen (secondary N) is 1. The molecule has 150 valence electrons. The second-order valence-corrected chi connectivity index (χ2v) is 7.69. The molecule has 1 fully saturated rings. The van der Waals surface area contributed by atoms with Crippen molar-refractivity contribution in [3.05, 3.63) is 81.8 Å². The highest BCUT2D eigenvalue weighted by atomic mass is 16.5. The highest BCUT2D eigenvalue weighted by Gasteiger charge is 2.24. The molecule has 1 saturated heterocycles. The van der Waals surface area contributed by atoms with Crippen LogP contribution in [0, 0.1) is 6.92 Å². The molecule has 5 heteroatoms. The lowest BCUT2D eigenvalue weighted by Gasteiger charge is -2.36. The number of aryl methyl sites for hydroxylation is 1. The van der Waals surface area contributed by atoms with Gasteiger partial charge in [-0.1, -0.05) is 36.8 Å². The largest absolute Gasteiger partial charge is 0.497 e. The number of rotatable bonds is 5. The molecule has 2 aromatic carbocycles. The van der Waals surface area contributed by atoms with Crippen molar-refractivity contribution in [2.24, 2.45) is 0 Å². The summed E-state index contributed by atoms with van der Waals surface area (Å²) in [5.41, 5.74) is 4.08. The van der Waals surface area contributed by atoms with Gasteiger partial charge in [0.2, 0.25) is 0 Å². The Balaban J connectivity index is 1.59. The number of aromatic amines is 1. The van der Waals surface area contributed by atoms with Crippen molar-refractivity contribution in [1.29, 1.82) is 0 Å². The zero-order valence-corrected chi connectivity index (χ0v) is 17.0. The van der Waals surface area contributed by atoms with Crippen LogP contribution in [0.5, 0.6) is 5.75 Å². The van der Waals surface area contributed by atoms with E-state index in [1.807, 2.05) is 25.1 Å². The minimum absolute atomic E-state index is 0.118. The summed E-state index contributed by atoms with van der Waals surface area (Å²) in [6.07, 6.45) is 3.61. The van der Waals surface area contributed by atoms with Crippen molar-refractivity contribution < 1.29 is 4.74 Å². The molecule has 1 aromatic heterocycles. The number of hydrogen-bond donors (Lipinski definition) is 1. The monoisotopic (exact) mass is 389 g/mol. The number of piperidine rings is 1. The molecule has 1 aliphatic rings. The van der Waals surface area contributed by atoms with Gasteiger partial charge in [-0.2, -0.15) is 0 Å². The van der Waals surface area contributed by atoms with Crippen molar-refractivity contribution in [1.82, 2.24) is 14.9 Å². The fourth-order valence-corrected chi connectivity index (χ4v) is 4.17. The first-order valence-corrected chi connectivity index (χ1v) is 10.2. The van der Waals surface area contributed by atoms with Crippen LogP contribution in [-0.2, 0) is 6.54 Å². The summed E-state index contributed by atoms with van der Waals surface area (Å²) >= 11 is 0. The van der Waals surface area contributed by atoms with Crippen molar-refractivity contribution >= 4 is 0 Å². The maximum absolute atomic E-state index is 11.8. The number of benzene rings is 2. The van der Waals surface area contributed by atoms with E-state index in [4.69, 9.17) is 4.74 Å². The summed E-state index contributed by atoms with van der Waals surface area (Å²) < 4.78 is 5.43. The van der Waals surface area contributed by atoms with Crippen LogP contribution in [0.3, 0.4) is 0 Å². The van der Waals surface area contributed by atoms with Crippen LogP contribution in [0.15, 0.2) is 59.4 Å². The summed E-state index contributed by atoms with van der Waals surface area (Å²) in [6.45, 7) is 3.78. The predicted molar refractivity (Wildman–Crippen MR) is 115 cm³/mol. The Morgan fingerprint density at radius 1 is 1.14 bits per heavy atom. The number of ether oxygens (including phenoxy) is 1. The lowest BCUT2D eigenvalue weighted by Crippen LogP contribution is -2.32. The molecule has 4 rings (SSSR count). The van der Waals surface area contributed by atoms with Gasteiger partial charge >= 0.3 is 0 Å². The average Bonchev–Trinajstić information content (AvgIpc) is 2.74. The second-order valence-electron chi connectivity index (χ2n) is 7.69.